The first-order chi connectivity index (χ1) is 9.21. The Balaban J connectivity index is 2.71. The smallest absolute Gasteiger partial charge is 0.330 e. The first kappa shape index (κ1) is 15.1. The lowest BCUT2D eigenvalue weighted by Gasteiger charge is -2.07. The Hall–Kier alpha value is -1.97. The number of unbranched alkanes of at least 4 members (excludes halogenated alkanes) is 1. The van der Waals surface area contributed by atoms with Crippen molar-refractivity contribution in [3.63, 3.8) is 0 Å². The van der Waals surface area contributed by atoms with Crippen molar-refractivity contribution >= 4 is 12.0 Å². The third kappa shape index (κ3) is 5.04. The van der Waals surface area contributed by atoms with Gasteiger partial charge in [0, 0.05) is 11.6 Å². The summed E-state index contributed by atoms with van der Waals surface area (Å²) in [5, 5.41) is 0. The number of rotatable bonds is 7. The molecule has 0 aromatic heterocycles. The van der Waals surface area contributed by atoms with E-state index in [2.05, 4.69) is 0 Å². The highest BCUT2D eigenvalue weighted by Crippen LogP contribution is 2.25. The van der Waals surface area contributed by atoms with Gasteiger partial charge in [-0.05, 0) is 30.7 Å². The lowest BCUT2D eigenvalue weighted by atomic mass is 10.1. The zero-order chi connectivity index (χ0) is 14.1. The Morgan fingerprint density at radius 3 is 2.68 bits per heavy atom. The Morgan fingerprint density at radius 2 is 2.05 bits per heavy atom. The van der Waals surface area contributed by atoms with Crippen molar-refractivity contribution in [2.75, 3.05) is 20.8 Å². The zero-order valence-corrected chi connectivity index (χ0v) is 11.6. The predicted molar refractivity (Wildman–Crippen MR) is 74.4 cm³/mol. The van der Waals surface area contributed by atoms with Crippen LogP contribution in [0.15, 0.2) is 24.3 Å². The summed E-state index contributed by atoms with van der Waals surface area (Å²) >= 11 is 0. The van der Waals surface area contributed by atoms with Crippen LogP contribution in [0.1, 0.15) is 25.3 Å². The van der Waals surface area contributed by atoms with Crippen LogP contribution in [0.25, 0.3) is 6.08 Å². The van der Waals surface area contributed by atoms with Crippen LogP contribution < -0.4 is 9.47 Å². The molecule has 4 heteroatoms. The van der Waals surface area contributed by atoms with Crippen molar-refractivity contribution in [2.24, 2.45) is 0 Å². The second-order valence-corrected chi connectivity index (χ2v) is 3.96. The molecule has 0 spiro atoms. The molecule has 4 nitrogen and oxygen atoms in total. The van der Waals surface area contributed by atoms with Crippen molar-refractivity contribution in [3.8, 4) is 11.5 Å². The summed E-state index contributed by atoms with van der Waals surface area (Å²) in [4.78, 5) is 11.5. The van der Waals surface area contributed by atoms with Crippen LogP contribution in [-0.4, -0.2) is 26.8 Å². The van der Waals surface area contributed by atoms with Gasteiger partial charge in [0.1, 0.15) is 11.5 Å². The third-order valence-electron chi connectivity index (χ3n) is 2.58. The second-order valence-electron chi connectivity index (χ2n) is 3.96. The molecule has 0 saturated carbocycles. The van der Waals surface area contributed by atoms with Crippen molar-refractivity contribution in [1.29, 1.82) is 0 Å². The average molecular weight is 264 g/mol. The lowest BCUT2D eigenvalue weighted by Crippen LogP contribution is -2.01. The highest BCUT2D eigenvalue weighted by Gasteiger charge is 2.03. The lowest BCUT2D eigenvalue weighted by molar-refractivity contribution is -0.137. The minimum Gasteiger partial charge on any atom is -0.497 e. The van der Waals surface area contributed by atoms with E-state index in [0.717, 1.165) is 18.4 Å². The summed E-state index contributed by atoms with van der Waals surface area (Å²) < 4.78 is 15.4. The van der Waals surface area contributed by atoms with Crippen LogP contribution in [0, 0.1) is 0 Å². The number of esters is 1. The van der Waals surface area contributed by atoms with Crippen molar-refractivity contribution in [2.45, 2.75) is 19.8 Å². The van der Waals surface area contributed by atoms with E-state index in [1.165, 1.54) is 6.08 Å². The van der Waals surface area contributed by atoms with Gasteiger partial charge in [0.15, 0.2) is 0 Å². The van der Waals surface area contributed by atoms with Crippen LogP contribution in [0.4, 0.5) is 0 Å². The van der Waals surface area contributed by atoms with Crippen LogP contribution >= 0.6 is 0 Å². The maximum Gasteiger partial charge on any atom is 0.330 e. The van der Waals surface area contributed by atoms with Crippen molar-refractivity contribution in [1.82, 2.24) is 0 Å². The molecule has 0 radical (unpaired) electrons. The number of hydrogen-bond donors (Lipinski definition) is 0. The maximum atomic E-state index is 11.5. The topological polar surface area (TPSA) is 44.8 Å². The summed E-state index contributed by atoms with van der Waals surface area (Å²) in [6.45, 7) is 2.50. The molecule has 0 amide bonds. The van der Waals surface area contributed by atoms with Crippen LogP contribution in [0.3, 0.4) is 0 Å². The van der Waals surface area contributed by atoms with Gasteiger partial charge in [-0.25, -0.2) is 4.79 Å². The minimum atomic E-state index is -0.349. The molecule has 0 saturated heterocycles. The van der Waals surface area contributed by atoms with Gasteiger partial charge in [-0.1, -0.05) is 13.3 Å². The summed E-state index contributed by atoms with van der Waals surface area (Å²) in [5.41, 5.74) is 0.772. The molecular weight excluding hydrogens is 244 g/mol. The first-order valence-corrected chi connectivity index (χ1v) is 6.28. The number of methoxy groups -OCH3 is 2. The number of carbonyl (C=O) groups is 1. The number of carbonyl (C=O) groups excluding carboxylic acids is 1. The fraction of sp³-hybridized carbons (Fsp3) is 0.400. The van der Waals surface area contributed by atoms with E-state index in [1.807, 2.05) is 6.92 Å². The molecule has 0 fully saturated rings. The second kappa shape index (κ2) is 8.19. The highest BCUT2D eigenvalue weighted by atomic mass is 16.5. The molecule has 0 aliphatic heterocycles. The van der Waals surface area contributed by atoms with E-state index in [-0.39, 0.29) is 5.97 Å². The Bertz CT molecular complexity index is 438. The van der Waals surface area contributed by atoms with Gasteiger partial charge in [0.2, 0.25) is 0 Å². The van der Waals surface area contributed by atoms with E-state index < -0.39 is 0 Å². The number of ether oxygens (including phenoxy) is 3. The quantitative estimate of drug-likeness (QED) is 0.431. The largest absolute Gasteiger partial charge is 0.497 e. The van der Waals surface area contributed by atoms with E-state index in [9.17, 15) is 4.79 Å². The molecule has 104 valence electrons. The van der Waals surface area contributed by atoms with Crippen LogP contribution in [-0.2, 0) is 9.53 Å². The number of benzene rings is 1. The van der Waals surface area contributed by atoms with Crippen LogP contribution in [0.5, 0.6) is 11.5 Å². The Kier molecular flexibility index (Phi) is 6.50. The van der Waals surface area contributed by atoms with Crippen LogP contribution in [0.2, 0.25) is 0 Å². The fourth-order valence-corrected chi connectivity index (χ4v) is 1.49. The van der Waals surface area contributed by atoms with Gasteiger partial charge < -0.3 is 14.2 Å². The van der Waals surface area contributed by atoms with Gasteiger partial charge in [-0.15, -0.1) is 0 Å². The standard InChI is InChI=1S/C15H20O4/c1-4-5-10-19-15(16)9-6-12-11-13(17-2)7-8-14(12)18-3/h6-9,11H,4-5,10H2,1-3H3. The molecule has 0 unspecified atom stereocenters. The SMILES string of the molecule is CCCCOC(=O)C=Cc1cc(OC)ccc1OC. The fourth-order valence-electron chi connectivity index (χ4n) is 1.49. The van der Waals surface area contributed by atoms with Gasteiger partial charge in [-0.2, -0.15) is 0 Å². The Morgan fingerprint density at radius 1 is 1.26 bits per heavy atom. The van der Waals surface area contributed by atoms with E-state index in [1.54, 1.807) is 38.5 Å². The summed E-state index contributed by atoms with van der Waals surface area (Å²) in [6, 6.07) is 5.39. The Labute approximate surface area is 114 Å². The maximum absolute atomic E-state index is 11.5. The molecule has 0 atom stereocenters. The van der Waals surface area contributed by atoms with Crippen molar-refractivity contribution in [3.05, 3.63) is 29.8 Å². The van der Waals surface area contributed by atoms with Gasteiger partial charge in [0.25, 0.3) is 0 Å². The third-order valence-corrected chi connectivity index (χ3v) is 2.58. The molecule has 0 bridgehead atoms. The van der Waals surface area contributed by atoms with E-state index >= 15 is 0 Å². The zero-order valence-electron chi connectivity index (χ0n) is 11.6. The van der Waals surface area contributed by atoms with Gasteiger partial charge >= 0.3 is 5.97 Å². The normalized spacial score (nSPS) is 10.5. The van der Waals surface area contributed by atoms with Crippen molar-refractivity contribution < 1.29 is 19.0 Å². The van der Waals surface area contributed by atoms with E-state index in [0.29, 0.717) is 18.1 Å². The molecule has 19 heavy (non-hydrogen) atoms. The average Bonchev–Trinajstić information content (AvgIpc) is 2.45. The summed E-state index contributed by atoms with van der Waals surface area (Å²) in [6.07, 6.45) is 4.94. The summed E-state index contributed by atoms with van der Waals surface area (Å²) in [5.74, 6) is 1.04. The molecule has 0 aliphatic carbocycles. The molecule has 0 heterocycles. The summed E-state index contributed by atoms with van der Waals surface area (Å²) in [7, 11) is 3.17. The number of hydrogen-bond acceptors (Lipinski definition) is 4. The first-order valence-electron chi connectivity index (χ1n) is 6.28. The molecule has 0 aliphatic rings. The molecule has 0 N–H and O–H groups in total. The van der Waals surface area contributed by atoms with Gasteiger partial charge in [0.05, 0.1) is 20.8 Å². The molecule has 1 rings (SSSR count). The molecular formula is C15H20O4. The monoisotopic (exact) mass is 264 g/mol. The molecule has 1 aromatic carbocycles. The van der Waals surface area contributed by atoms with Gasteiger partial charge in [-0.3, -0.25) is 0 Å². The van der Waals surface area contributed by atoms with E-state index in [4.69, 9.17) is 14.2 Å². The minimum absolute atomic E-state index is 0.349. The molecule has 1 aromatic rings. The highest BCUT2D eigenvalue weighted by molar-refractivity contribution is 5.87. The predicted octanol–water partition coefficient (Wildman–Crippen LogP) is 3.06.